The first-order valence-corrected chi connectivity index (χ1v) is 11.1. The minimum absolute atomic E-state index is 0.0237. The first kappa shape index (κ1) is 21.9. The Morgan fingerprint density at radius 1 is 1.07 bits per heavy atom. The zero-order valence-corrected chi connectivity index (χ0v) is 18.3. The van der Waals surface area contributed by atoms with E-state index in [0.717, 1.165) is 22.7 Å². The number of benzene rings is 3. The SMILES string of the molecule is COc1ccccc1CNS(=O)(=O)c1ccc(F)c(C(=O)Nc2ccc(Br)cc2)c1. The van der Waals surface area contributed by atoms with Crippen molar-refractivity contribution < 1.29 is 22.3 Å². The standard InChI is InChI=1S/C21H18BrFN2O4S/c1-29-20-5-3-2-4-14(20)13-24-30(27,28)17-10-11-19(23)18(12-17)21(26)25-16-8-6-15(22)7-9-16/h2-12,24H,13H2,1H3,(H,25,26). The Morgan fingerprint density at radius 2 is 1.77 bits per heavy atom. The number of halogens is 2. The molecule has 0 aromatic heterocycles. The van der Waals surface area contributed by atoms with Gasteiger partial charge in [-0.05, 0) is 48.5 Å². The maximum Gasteiger partial charge on any atom is 0.258 e. The average Bonchev–Trinajstić information content (AvgIpc) is 2.74. The van der Waals surface area contributed by atoms with Gasteiger partial charge in [0.2, 0.25) is 10.0 Å². The van der Waals surface area contributed by atoms with Gasteiger partial charge in [-0.3, -0.25) is 4.79 Å². The molecule has 0 aliphatic carbocycles. The van der Waals surface area contributed by atoms with Gasteiger partial charge >= 0.3 is 0 Å². The predicted molar refractivity (Wildman–Crippen MR) is 116 cm³/mol. The van der Waals surface area contributed by atoms with E-state index in [-0.39, 0.29) is 17.0 Å². The van der Waals surface area contributed by atoms with Gasteiger partial charge in [-0.2, -0.15) is 0 Å². The van der Waals surface area contributed by atoms with E-state index in [9.17, 15) is 17.6 Å². The van der Waals surface area contributed by atoms with E-state index >= 15 is 0 Å². The van der Waals surface area contributed by atoms with Gasteiger partial charge in [-0.1, -0.05) is 34.1 Å². The Kier molecular flexibility index (Phi) is 6.86. The zero-order valence-electron chi connectivity index (χ0n) is 15.9. The molecule has 0 saturated carbocycles. The second kappa shape index (κ2) is 9.38. The molecule has 0 bridgehead atoms. The summed E-state index contributed by atoms with van der Waals surface area (Å²) in [6.07, 6.45) is 0. The Bertz CT molecular complexity index is 1170. The molecule has 0 radical (unpaired) electrons. The number of hydrogen-bond donors (Lipinski definition) is 2. The molecule has 1 amide bonds. The van der Waals surface area contributed by atoms with Crippen LogP contribution in [-0.4, -0.2) is 21.4 Å². The largest absolute Gasteiger partial charge is 0.496 e. The van der Waals surface area contributed by atoms with Crippen LogP contribution in [-0.2, 0) is 16.6 Å². The van der Waals surface area contributed by atoms with E-state index < -0.39 is 21.7 Å². The summed E-state index contributed by atoms with van der Waals surface area (Å²) in [5, 5.41) is 2.55. The summed E-state index contributed by atoms with van der Waals surface area (Å²) in [5.41, 5.74) is 0.710. The first-order valence-electron chi connectivity index (χ1n) is 8.78. The van der Waals surface area contributed by atoms with Crippen LogP contribution in [0.25, 0.3) is 0 Å². The van der Waals surface area contributed by atoms with Crippen LogP contribution in [0.5, 0.6) is 5.75 Å². The highest BCUT2D eigenvalue weighted by atomic mass is 79.9. The molecule has 0 spiro atoms. The minimum Gasteiger partial charge on any atom is -0.496 e. The molecule has 6 nitrogen and oxygen atoms in total. The average molecular weight is 493 g/mol. The molecule has 3 aromatic rings. The highest BCUT2D eigenvalue weighted by Gasteiger charge is 2.20. The van der Waals surface area contributed by atoms with Crippen molar-refractivity contribution in [2.75, 3.05) is 12.4 Å². The predicted octanol–water partition coefficient (Wildman–Crippen LogP) is 4.33. The number of carbonyl (C=O) groups is 1. The lowest BCUT2D eigenvalue weighted by molar-refractivity contribution is 0.102. The van der Waals surface area contributed by atoms with E-state index in [0.29, 0.717) is 17.0 Å². The van der Waals surface area contributed by atoms with Gasteiger partial charge in [0.15, 0.2) is 0 Å². The fourth-order valence-corrected chi connectivity index (χ4v) is 3.98. The number of sulfonamides is 1. The van der Waals surface area contributed by atoms with E-state index in [1.807, 2.05) is 0 Å². The number of ether oxygens (including phenoxy) is 1. The summed E-state index contributed by atoms with van der Waals surface area (Å²) in [6, 6.07) is 16.7. The molecule has 2 N–H and O–H groups in total. The van der Waals surface area contributed by atoms with Crippen LogP contribution in [0.15, 0.2) is 76.1 Å². The molecule has 0 atom stereocenters. The van der Waals surface area contributed by atoms with Crippen molar-refractivity contribution in [3.63, 3.8) is 0 Å². The van der Waals surface area contributed by atoms with Gasteiger partial charge in [-0.25, -0.2) is 17.5 Å². The number of anilines is 1. The Labute approximate surface area is 182 Å². The lowest BCUT2D eigenvalue weighted by Gasteiger charge is -2.12. The summed E-state index contributed by atoms with van der Waals surface area (Å²) in [7, 11) is -2.50. The quantitative estimate of drug-likeness (QED) is 0.514. The molecule has 0 unspecified atom stereocenters. The number of amides is 1. The van der Waals surface area contributed by atoms with Crippen LogP contribution in [0.4, 0.5) is 10.1 Å². The van der Waals surface area contributed by atoms with E-state index in [1.54, 1.807) is 48.5 Å². The Hall–Kier alpha value is -2.75. The van der Waals surface area contributed by atoms with E-state index in [1.165, 1.54) is 7.11 Å². The summed E-state index contributed by atoms with van der Waals surface area (Å²) in [6.45, 7) is -0.0237. The summed E-state index contributed by atoms with van der Waals surface area (Å²) < 4.78 is 48.0. The van der Waals surface area contributed by atoms with Crippen molar-refractivity contribution in [1.82, 2.24) is 4.72 Å². The second-order valence-corrected chi connectivity index (χ2v) is 8.92. The highest BCUT2D eigenvalue weighted by Crippen LogP contribution is 2.21. The summed E-state index contributed by atoms with van der Waals surface area (Å²) in [5.74, 6) is -1.04. The molecule has 0 heterocycles. The van der Waals surface area contributed by atoms with Gasteiger partial charge in [-0.15, -0.1) is 0 Å². The highest BCUT2D eigenvalue weighted by molar-refractivity contribution is 9.10. The monoisotopic (exact) mass is 492 g/mol. The van der Waals surface area contributed by atoms with Crippen molar-refractivity contribution >= 4 is 37.5 Å². The van der Waals surface area contributed by atoms with Gasteiger partial charge in [0.1, 0.15) is 11.6 Å². The maximum absolute atomic E-state index is 14.2. The molecular formula is C21H18BrFN2O4S. The van der Waals surface area contributed by atoms with Crippen molar-refractivity contribution in [3.05, 3.63) is 88.1 Å². The van der Waals surface area contributed by atoms with Crippen LogP contribution < -0.4 is 14.8 Å². The van der Waals surface area contributed by atoms with Crippen molar-refractivity contribution in [2.24, 2.45) is 0 Å². The van der Waals surface area contributed by atoms with Crippen LogP contribution in [0, 0.1) is 5.82 Å². The fraction of sp³-hybridized carbons (Fsp3) is 0.0952. The lowest BCUT2D eigenvalue weighted by atomic mass is 10.2. The first-order chi connectivity index (χ1) is 14.3. The van der Waals surface area contributed by atoms with Crippen LogP contribution in [0.2, 0.25) is 0 Å². The molecule has 9 heteroatoms. The third-order valence-corrected chi connectivity index (χ3v) is 6.17. The summed E-state index contributed by atoms with van der Waals surface area (Å²) in [4.78, 5) is 12.2. The van der Waals surface area contributed by atoms with E-state index in [2.05, 4.69) is 26.0 Å². The van der Waals surface area contributed by atoms with Crippen molar-refractivity contribution in [2.45, 2.75) is 11.4 Å². The normalized spacial score (nSPS) is 11.2. The third kappa shape index (κ3) is 5.24. The molecule has 30 heavy (non-hydrogen) atoms. The smallest absolute Gasteiger partial charge is 0.258 e. The number of para-hydroxylation sites is 1. The molecule has 3 aromatic carbocycles. The lowest BCUT2D eigenvalue weighted by Crippen LogP contribution is -2.24. The maximum atomic E-state index is 14.2. The Balaban J connectivity index is 1.80. The Morgan fingerprint density at radius 3 is 2.47 bits per heavy atom. The molecule has 156 valence electrons. The fourth-order valence-electron chi connectivity index (χ4n) is 2.68. The number of carbonyl (C=O) groups excluding carboxylic acids is 1. The van der Waals surface area contributed by atoms with Crippen LogP contribution in [0.1, 0.15) is 15.9 Å². The van der Waals surface area contributed by atoms with Crippen LogP contribution >= 0.6 is 15.9 Å². The van der Waals surface area contributed by atoms with Crippen molar-refractivity contribution in [1.29, 1.82) is 0 Å². The van der Waals surface area contributed by atoms with Gasteiger partial charge < -0.3 is 10.1 Å². The van der Waals surface area contributed by atoms with Crippen LogP contribution in [0.3, 0.4) is 0 Å². The minimum atomic E-state index is -3.99. The second-order valence-electron chi connectivity index (χ2n) is 6.24. The number of hydrogen-bond acceptors (Lipinski definition) is 4. The molecule has 0 fully saturated rings. The zero-order chi connectivity index (χ0) is 21.7. The molecule has 3 rings (SSSR count). The number of methoxy groups -OCH3 is 1. The number of rotatable bonds is 7. The molecule has 0 aliphatic heterocycles. The van der Waals surface area contributed by atoms with E-state index in [4.69, 9.17) is 4.74 Å². The molecule has 0 saturated heterocycles. The van der Waals surface area contributed by atoms with Gasteiger partial charge in [0.25, 0.3) is 5.91 Å². The molecule has 0 aliphatic rings. The van der Waals surface area contributed by atoms with Gasteiger partial charge in [0, 0.05) is 22.3 Å². The third-order valence-electron chi connectivity index (χ3n) is 4.24. The van der Waals surface area contributed by atoms with Crippen molar-refractivity contribution in [3.8, 4) is 5.75 Å². The number of nitrogens with one attached hydrogen (secondary N) is 2. The topological polar surface area (TPSA) is 84.5 Å². The van der Waals surface area contributed by atoms with Gasteiger partial charge in [0.05, 0.1) is 17.6 Å². The summed E-state index contributed by atoms with van der Waals surface area (Å²) >= 11 is 3.29. The molecular weight excluding hydrogens is 475 g/mol.